The quantitative estimate of drug-likeness (QED) is 0.594. The summed E-state index contributed by atoms with van der Waals surface area (Å²) in [7, 11) is -3.41. The molecule has 1 aliphatic heterocycles. The molecular formula is C25H27ClN2O2S2. The zero-order valence-electron chi connectivity index (χ0n) is 18.2. The molecule has 2 aromatic rings. The third kappa shape index (κ3) is 3.32. The van der Waals surface area contributed by atoms with Crippen molar-refractivity contribution in [1.29, 1.82) is 0 Å². The third-order valence-electron chi connectivity index (χ3n) is 7.45. The number of thiophene rings is 1. The lowest BCUT2D eigenvalue weighted by atomic mass is 9.79. The maximum Gasteiger partial charge on any atom is 0.165 e. The van der Waals surface area contributed by atoms with Crippen LogP contribution < -0.4 is 5.73 Å². The van der Waals surface area contributed by atoms with Crippen LogP contribution in [0.2, 0.25) is 5.02 Å². The molecule has 5 rings (SSSR count). The second-order valence-electron chi connectivity index (χ2n) is 9.57. The van der Waals surface area contributed by atoms with Gasteiger partial charge in [0.2, 0.25) is 0 Å². The Hall–Kier alpha value is -1.81. The number of hydrogen-bond acceptors (Lipinski definition) is 5. The molecule has 2 saturated carbocycles. The molecule has 4 nitrogen and oxygen atoms in total. The van der Waals surface area contributed by atoms with E-state index in [0.29, 0.717) is 17.9 Å². The molecule has 32 heavy (non-hydrogen) atoms. The lowest BCUT2D eigenvalue weighted by Crippen LogP contribution is -2.61. The molecule has 1 spiro atoms. The fourth-order valence-electron chi connectivity index (χ4n) is 5.45. The normalized spacial score (nSPS) is 27.2. The van der Waals surface area contributed by atoms with Crippen molar-refractivity contribution in [3.05, 3.63) is 56.7 Å². The van der Waals surface area contributed by atoms with E-state index in [9.17, 15) is 8.42 Å². The Bertz CT molecular complexity index is 1240. The van der Waals surface area contributed by atoms with Gasteiger partial charge in [-0.25, -0.2) is 8.42 Å². The number of nitrogens with zero attached hydrogens (tertiary/aromatic N) is 1. The molecule has 2 fully saturated rings. The first-order valence-electron chi connectivity index (χ1n) is 11.2. The van der Waals surface area contributed by atoms with Gasteiger partial charge in [0, 0.05) is 0 Å². The largest absolute Gasteiger partial charge is 0.386 e. The Kier molecular flexibility index (Phi) is 5.24. The molecule has 7 heteroatoms. The van der Waals surface area contributed by atoms with Gasteiger partial charge in [-0.05, 0) is 50.7 Å². The van der Waals surface area contributed by atoms with E-state index in [4.69, 9.17) is 22.3 Å². The highest BCUT2D eigenvalue weighted by Gasteiger charge is 2.58. The van der Waals surface area contributed by atoms with Crippen LogP contribution >= 0.6 is 22.9 Å². The number of benzene rings is 1. The van der Waals surface area contributed by atoms with Crippen LogP contribution in [0.3, 0.4) is 0 Å². The van der Waals surface area contributed by atoms with Gasteiger partial charge in [-0.1, -0.05) is 66.6 Å². The zero-order valence-corrected chi connectivity index (χ0v) is 20.5. The summed E-state index contributed by atoms with van der Waals surface area (Å²) in [5, 5.41) is 0.512. The van der Waals surface area contributed by atoms with Gasteiger partial charge in [0.15, 0.2) is 9.84 Å². The Morgan fingerprint density at radius 1 is 1.09 bits per heavy atom. The summed E-state index contributed by atoms with van der Waals surface area (Å²) in [5.74, 6) is 7.10. The van der Waals surface area contributed by atoms with Gasteiger partial charge in [-0.15, -0.1) is 11.3 Å². The van der Waals surface area contributed by atoms with E-state index in [1.807, 2.05) is 19.1 Å². The third-order valence-corrected chi connectivity index (χ3v) is 11.9. The number of halogens is 1. The van der Waals surface area contributed by atoms with Crippen LogP contribution in [-0.2, 0) is 20.8 Å². The number of amidine groups is 1. The highest BCUT2D eigenvalue weighted by Crippen LogP contribution is 2.49. The highest BCUT2D eigenvalue weighted by molar-refractivity contribution is 7.93. The van der Waals surface area contributed by atoms with Gasteiger partial charge >= 0.3 is 0 Å². The maximum absolute atomic E-state index is 13.2. The van der Waals surface area contributed by atoms with Gasteiger partial charge < -0.3 is 5.73 Å². The SMILES string of the molecule is CC1(c2sc(C#CC3(c4ccccc4)CCCC3)cc2Cl)CS(=O)(=O)C2(CCC2)C(N)=N1. The van der Waals surface area contributed by atoms with Gasteiger partial charge in [0.1, 0.15) is 16.1 Å². The van der Waals surface area contributed by atoms with Crippen molar-refractivity contribution in [2.75, 3.05) is 5.75 Å². The summed E-state index contributed by atoms with van der Waals surface area (Å²) in [5.41, 5.74) is 6.41. The van der Waals surface area contributed by atoms with Crippen LogP contribution in [0.5, 0.6) is 0 Å². The maximum atomic E-state index is 13.2. The molecule has 2 aliphatic carbocycles. The summed E-state index contributed by atoms with van der Waals surface area (Å²) in [4.78, 5) is 6.28. The molecule has 1 aromatic carbocycles. The summed E-state index contributed by atoms with van der Waals surface area (Å²) in [6.07, 6.45) is 6.45. The van der Waals surface area contributed by atoms with Crippen molar-refractivity contribution in [3.8, 4) is 11.8 Å². The molecule has 0 amide bonds. The lowest BCUT2D eigenvalue weighted by Gasteiger charge is -2.46. The first kappa shape index (κ1) is 22.0. The number of aliphatic imine (C=N–C) groups is 1. The molecule has 1 aromatic heterocycles. The zero-order chi connectivity index (χ0) is 22.6. The lowest BCUT2D eigenvalue weighted by molar-refractivity contribution is 0.393. The summed E-state index contributed by atoms with van der Waals surface area (Å²) in [6, 6.07) is 12.3. The first-order valence-corrected chi connectivity index (χ1v) is 14.0. The Morgan fingerprint density at radius 3 is 2.38 bits per heavy atom. The Labute approximate surface area is 199 Å². The van der Waals surface area contributed by atoms with Crippen molar-refractivity contribution in [2.45, 2.75) is 67.6 Å². The summed E-state index contributed by atoms with van der Waals surface area (Å²) in [6.45, 7) is 1.82. The fraction of sp³-hybridized carbons (Fsp3) is 0.480. The van der Waals surface area contributed by atoms with Crippen LogP contribution in [-0.4, -0.2) is 24.8 Å². The average molecular weight is 487 g/mol. The molecule has 1 atom stereocenters. The molecule has 3 aliphatic rings. The van der Waals surface area contributed by atoms with Crippen molar-refractivity contribution in [1.82, 2.24) is 0 Å². The topological polar surface area (TPSA) is 72.5 Å². The predicted octanol–water partition coefficient (Wildman–Crippen LogP) is 5.19. The van der Waals surface area contributed by atoms with Crippen molar-refractivity contribution < 1.29 is 8.42 Å². The number of sulfone groups is 1. The van der Waals surface area contributed by atoms with E-state index >= 15 is 0 Å². The monoisotopic (exact) mass is 486 g/mol. The molecule has 2 N–H and O–H groups in total. The van der Waals surface area contributed by atoms with E-state index < -0.39 is 20.1 Å². The number of nitrogens with two attached hydrogens (primary N) is 1. The minimum absolute atomic E-state index is 0.0677. The van der Waals surface area contributed by atoms with Crippen LogP contribution in [0.4, 0.5) is 0 Å². The molecule has 168 valence electrons. The van der Waals surface area contributed by atoms with Crippen LogP contribution in [0.1, 0.15) is 67.2 Å². The molecule has 0 bridgehead atoms. The molecule has 0 saturated heterocycles. The van der Waals surface area contributed by atoms with Crippen LogP contribution in [0.25, 0.3) is 0 Å². The average Bonchev–Trinajstić information content (AvgIpc) is 3.32. The van der Waals surface area contributed by atoms with E-state index in [1.54, 1.807) is 0 Å². The summed E-state index contributed by atoms with van der Waals surface area (Å²) < 4.78 is 25.4. The van der Waals surface area contributed by atoms with E-state index in [1.165, 1.54) is 29.7 Å². The van der Waals surface area contributed by atoms with Crippen LogP contribution in [0, 0.1) is 11.8 Å². The van der Waals surface area contributed by atoms with Crippen molar-refractivity contribution >= 4 is 38.6 Å². The van der Waals surface area contributed by atoms with Crippen molar-refractivity contribution in [2.24, 2.45) is 10.7 Å². The molecular weight excluding hydrogens is 460 g/mol. The van der Waals surface area contributed by atoms with E-state index in [2.05, 4.69) is 36.1 Å². The molecule has 1 unspecified atom stereocenters. The molecule has 0 radical (unpaired) electrons. The minimum atomic E-state index is -3.41. The Morgan fingerprint density at radius 2 is 1.78 bits per heavy atom. The van der Waals surface area contributed by atoms with E-state index in [0.717, 1.165) is 29.0 Å². The number of hydrogen-bond donors (Lipinski definition) is 1. The predicted molar refractivity (Wildman–Crippen MR) is 132 cm³/mol. The van der Waals surface area contributed by atoms with Gasteiger partial charge in [-0.3, -0.25) is 4.99 Å². The van der Waals surface area contributed by atoms with Gasteiger partial charge in [0.05, 0.1) is 25.9 Å². The van der Waals surface area contributed by atoms with E-state index in [-0.39, 0.29) is 17.0 Å². The Balaban J connectivity index is 1.51. The van der Waals surface area contributed by atoms with Crippen molar-refractivity contribution in [3.63, 3.8) is 0 Å². The van der Waals surface area contributed by atoms with Crippen LogP contribution in [0.15, 0.2) is 41.4 Å². The second-order valence-corrected chi connectivity index (χ2v) is 13.3. The number of rotatable bonds is 2. The second kappa shape index (κ2) is 7.62. The molecule has 2 heterocycles. The summed E-state index contributed by atoms with van der Waals surface area (Å²) >= 11 is 8.05. The minimum Gasteiger partial charge on any atom is -0.386 e. The smallest absolute Gasteiger partial charge is 0.165 e. The fourth-order valence-corrected chi connectivity index (χ4v) is 9.53. The van der Waals surface area contributed by atoms with Gasteiger partial charge in [0.25, 0.3) is 0 Å². The van der Waals surface area contributed by atoms with Gasteiger partial charge in [-0.2, -0.15) is 0 Å². The highest BCUT2D eigenvalue weighted by atomic mass is 35.5. The standard InChI is InChI=1S/C25H27ClN2O2S2/c1-23(17-32(29,30)25(13-7-14-25)22(27)28-23)21-20(26)16-19(31-21)10-15-24(11-5-6-12-24)18-8-3-2-4-9-18/h2-4,8-9,16H,5-7,11-14,17H2,1H3,(H2,27,28). The first-order chi connectivity index (χ1) is 15.2.